The predicted octanol–water partition coefficient (Wildman–Crippen LogP) is 2.60. The second kappa shape index (κ2) is 8.42. The van der Waals surface area contributed by atoms with E-state index in [1.165, 1.54) is 33.5 Å². The van der Waals surface area contributed by atoms with Gasteiger partial charge in [-0.25, -0.2) is 4.79 Å². The first-order chi connectivity index (χ1) is 11.2. The van der Waals surface area contributed by atoms with E-state index in [9.17, 15) is 9.59 Å². The molecule has 0 amide bonds. The molecule has 0 unspecified atom stereocenters. The van der Waals surface area contributed by atoms with E-state index in [4.69, 9.17) is 23.7 Å². The molecule has 0 aromatic heterocycles. The van der Waals surface area contributed by atoms with E-state index in [1.54, 1.807) is 20.8 Å². The lowest BCUT2D eigenvalue weighted by atomic mass is 10.2. The van der Waals surface area contributed by atoms with Gasteiger partial charge in [0, 0.05) is 0 Å². The molecule has 0 N–H and O–H groups in total. The summed E-state index contributed by atoms with van der Waals surface area (Å²) in [6.45, 7) is 5.23. The molecular formula is C17H24O7. The number of esters is 2. The van der Waals surface area contributed by atoms with E-state index in [2.05, 4.69) is 0 Å². The molecule has 0 saturated carbocycles. The predicted molar refractivity (Wildman–Crippen MR) is 86.8 cm³/mol. The molecule has 0 saturated heterocycles. The van der Waals surface area contributed by atoms with E-state index in [-0.39, 0.29) is 18.6 Å². The van der Waals surface area contributed by atoms with Crippen LogP contribution in [0, 0.1) is 0 Å². The van der Waals surface area contributed by atoms with E-state index in [0.29, 0.717) is 17.2 Å². The number of rotatable bonds is 7. The van der Waals surface area contributed by atoms with Crippen molar-refractivity contribution in [3.63, 3.8) is 0 Å². The van der Waals surface area contributed by atoms with Crippen LogP contribution in [0.1, 0.15) is 37.6 Å². The maximum Gasteiger partial charge on any atom is 0.338 e. The maximum atomic E-state index is 12.1. The molecule has 0 atom stereocenters. The van der Waals surface area contributed by atoms with Crippen LogP contribution in [0.25, 0.3) is 0 Å². The SMILES string of the molecule is COc1cc(C(=O)OCCC(=O)OC(C)(C)C)cc(OC)c1OC. The Labute approximate surface area is 141 Å². The molecule has 0 spiro atoms. The zero-order chi connectivity index (χ0) is 18.3. The average Bonchev–Trinajstić information content (AvgIpc) is 2.51. The van der Waals surface area contributed by atoms with Crippen LogP contribution in [0.15, 0.2) is 12.1 Å². The fourth-order valence-electron chi connectivity index (χ4n) is 1.90. The smallest absolute Gasteiger partial charge is 0.338 e. The van der Waals surface area contributed by atoms with Gasteiger partial charge in [0.1, 0.15) is 12.2 Å². The third-order valence-electron chi connectivity index (χ3n) is 2.86. The summed E-state index contributed by atoms with van der Waals surface area (Å²) >= 11 is 0. The van der Waals surface area contributed by atoms with Gasteiger partial charge in [0.25, 0.3) is 0 Å². The minimum Gasteiger partial charge on any atom is -0.493 e. The lowest BCUT2D eigenvalue weighted by Gasteiger charge is -2.19. The molecule has 7 nitrogen and oxygen atoms in total. The van der Waals surface area contributed by atoms with Gasteiger partial charge >= 0.3 is 11.9 Å². The fraction of sp³-hybridized carbons (Fsp3) is 0.529. The molecule has 134 valence electrons. The van der Waals surface area contributed by atoms with Crippen LogP contribution in [0.2, 0.25) is 0 Å². The second-order valence-electron chi connectivity index (χ2n) is 5.89. The summed E-state index contributed by atoms with van der Waals surface area (Å²) in [5.41, 5.74) is -0.341. The third kappa shape index (κ3) is 5.64. The summed E-state index contributed by atoms with van der Waals surface area (Å²) < 4.78 is 25.8. The van der Waals surface area contributed by atoms with Gasteiger partial charge in [-0.2, -0.15) is 0 Å². The van der Waals surface area contributed by atoms with Crippen LogP contribution in [0.4, 0.5) is 0 Å². The van der Waals surface area contributed by atoms with E-state index < -0.39 is 17.5 Å². The first kappa shape index (κ1) is 19.6. The van der Waals surface area contributed by atoms with Gasteiger partial charge in [-0.3, -0.25) is 4.79 Å². The minimum atomic E-state index is -0.599. The van der Waals surface area contributed by atoms with Crippen LogP contribution < -0.4 is 14.2 Å². The Kier molecular flexibility index (Phi) is 6.88. The highest BCUT2D eigenvalue weighted by Gasteiger charge is 2.19. The normalized spacial score (nSPS) is 10.8. The highest BCUT2D eigenvalue weighted by Crippen LogP contribution is 2.38. The monoisotopic (exact) mass is 340 g/mol. The van der Waals surface area contributed by atoms with Crippen LogP contribution in [-0.2, 0) is 14.3 Å². The number of methoxy groups -OCH3 is 3. The fourth-order valence-corrected chi connectivity index (χ4v) is 1.90. The van der Waals surface area contributed by atoms with Crippen molar-refractivity contribution >= 4 is 11.9 Å². The second-order valence-corrected chi connectivity index (χ2v) is 5.89. The summed E-state index contributed by atoms with van der Waals surface area (Å²) in [6, 6.07) is 2.97. The molecule has 1 aromatic rings. The van der Waals surface area contributed by atoms with Crippen LogP contribution in [-0.4, -0.2) is 45.5 Å². The van der Waals surface area contributed by atoms with Gasteiger partial charge < -0.3 is 23.7 Å². The standard InChI is InChI=1S/C17H24O7/c1-17(2,3)24-14(18)7-8-23-16(19)11-9-12(20-4)15(22-6)13(10-11)21-5/h9-10H,7-8H2,1-6H3. The van der Waals surface area contributed by atoms with Crippen molar-refractivity contribution in [2.24, 2.45) is 0 Å². The number of carbonyl (C=O) groups excluding carboxylic acids is 2. The molecule has 0 bridgehead atoms. The lowest BCUT2D eigenvalue weighted by Crippen LogP contribution is -2.24. The molecule has 0 radical (unpaired) electrons. The van der Waals surface area contributed by atoms with Crippen molar-refractivity contribution in [3.8, 4) is 17.2 Å². The molecule has 7 heteroatoms. The Morgan fingerprint density at radius 2 is 1.50 bits per heavy atom. The van der Waals surface area contributed by atoms with Crippen molar-refractivity contribution < 1.29 is 33.3 Å². The number of hydrogen-bond acceptors (Lipinski definition) is 7. The lowest BCUT2D eigenvalue weighted by molar-refractivity contribution is -0.155. The summed E-state index contributed by atoms with van der Waals surface area (Å²) in [5.74, 6) is 0.0372. The van der Waals surface area contributed by atoms with Gasteiger partial charge in [0.2, 0.25) is 5.75 Å². The molecule has 1 aromatic carbocycles. The number of benzene rings is 1. The van der Waals surface area contributed by atoms with E-state index in [1.807, 2.05) is 0 Å². The molecule has 0 aliphatic rings. The van der Waals surface area contributed by atoms with Gasteiger partial charge in [-0.15, -0.1) is 0 Å². The molecular weight excluding hydrogens is 316 g/mol. The number of hydrogen-bond donors (Lipinski definition) is 0. The zero-order valence-corrected chi connectivity index (χ0v) is 14.9. The Balaban J connectivity index is 2.73. The minimum absolute atomic E-state index is 0.0204. The van der Waals surface area contributed by atoms with Gasteiger partial charge in [0.05, 0.1) is 33.3 Å². The van der Waals surface area contributed by atoms with Crippen molar-refractivity contribution in [2.75, 3.05) is 27.9 Å². The summed E-state index contributed by atoms with van der Waals surface area (Å²) in [7, 11) is 4.38. The van der Waals surface area contributed by atoms with Crippen molar-refractivity contribution in [3.05, 3.63) is 17.7 Å². The molecule has 1 rings (SSSR count). The first-order valence-electron chi connectivity index (χ1n) is 7.40. The highest BCUT2D eigenvalue weighted by molar-refractivity contribution is 5.91. The molecule has 0 heterocycles. The zero-order valence-electron chi connectivity index (χ0n) is 14.9. The first-order valence-corrected chi connectivity index (χ1v) is 7.40. The topological polar surface area (TPSA) is 80.3 Å². The average molecular weight is 340 g/mol. The Morgan fingerprint density at radius 1 is 0.958 bits per heavy atom. The van der Waals surface area contributed by atoms with Gasteiger partial charge in [-0.1, -0.05) is 0 Å². The summed E-state index contributed by atoms with van der Waals surface area (Å²) in [4.78, 5) is 23.7. The van der Waals surface area contributed by atoms with Gasteiger partial charge in [0.15, 0.2) is 11.5 Å². The number of ether oxygens (including phenoxy) is 5. The van der Waals surface area contributed by atoms with Crippen molar-refractivity contribution in [1.29, 1.82) is 0 Å². The van der Waals surface area contributed by atoms with Crippen molar-refractivity contribution in [1.82, 2.24) is 0 Å². The third-order valence-corrected chi connectivity index (χ3v) is 2.86. The largest absolute Gasteiger partial charge is 0.493 e. The van der Waals surface area contributed by atoms with Crippen molar-refractivity contribution in [2.45, 2.75) is 32.8 Å². The Morgan fingerprint density at radius 3 is 1.92 bits per heavy atom. The molecule has 0 fully saturated rings. The van der Waals surface area contributed by atoms with Gasteiger partial charge in [-0.05, 0) is 32.9 Å². The summed E-state index contributed by atoms with van der Waals surface area (Å²) in [5, 5.41) is 0. The molecule has 24 heavy (non-hydrogen) atoms. The Bertz CT molecular complexity index is 562. The summed E-state index contributed by atoms with van der Waals surface area (Å²) in [6.07, 6.45) is -0.0204. The van der Waals surface area contributed by atoms with E-state index >= 15 is 0 Å². The highest BCUT2D eigenvalue weighted by atomic mass is 16.6. The maximum absolute atomic E-state index is 12.1. The van der Waals surface area contributed by atoms with Crippen LogP contribution in [0.5, 0.6) is 17.2 Å². The van der Waals surface area contributed by atoms with Crippen LogP contribution >= 0.6 is 0 Å². The number of carbonyl (C=O) groups is 2. The molecule has 0 aliphatic heterocycles. The van der Waals surface area contributed by atoms with E-state index in [0.717, 1.165) is 0 Å². The quantitative estimate of drug-likeness (QED) is 0.706. The molecule has 0 aliphatic carbocycles. The van der Waals surface area contributed by atoms with Crippen LogP contribution in [0.3, 0.4) is 0 Å². The Hall–Kier alpha value is -2.44.